The summed E-state index contributed by atoms with van der Waals surface area (Å²) in [7, 11) is 5.62. The van der Waals surface area contributed by atoms with Crippen LogP contribution in [0.15, 0.2) is 17.0 Å². The molecule has 1 aromatic carbocycles. The zero-order chi connectivity index (χ0) is 16.2. The first-order chi connectivity index (χ1) is 9.77. The van der Waals surface area contributed by atoms with Gasteiger partial charge in [0.1, 0.15) is 16.2 Å². The van der Waals surface area contributed by atoms with Gasteiger partial charge in [0.25, 0.3) is 15.0 Å². The monoisotopic (exact) mass is 335 g/mol. The van der Waals surface area contributed by atoms with Gasteiger partial charge in [-0.05, 0) is 18.6 Å². The molecule has 0 aliphatic heterocycles. The van der Waals surface area contributed by atoms with Crippen LogP contribution in [0.2, 0.25) is 0 Å². The molecule has 1 amide bonds. The molecule has 1 rings (SSSR count). The number of halogens is 1. The largest absolute Gasteiger partial charge is 0.496 e. The van der Waals surface area contributed by atoms with E-state index >= 15 is 0 Å². The quantitative estimate of drug-likeness (QED) is 0.744. The van der Waals surface area contributed by atoms with Crippen LogP contribution in [0.3, 0.4) is 0 Å². The summed E-state index contributed by atoms with van der Waals surface area (Å²) in [5.74, 6) is -0.283. The number of amides is 1. The van der Waals surface area contributed by atoms with E-state index in [1.54, 1.807) is 7.05 Å². The first kappa shape index (κ1) is 17.6. The van der Waals surface area contributed by atoms with E-state index in [2.05, 4.69) is 0 Å². The van der Waals surface area contributed by atoms with E-state index in [-0.39, 0.29) is 22.0 Å². The van der Waals surface area contributed by atoms with Crippen molar-refractivity contribution >= 4 is 25.6 Å². The average molecular weight is 336 g/mol. The fourth-order valence-electron chi connectivity index (χ4n) is 1.94. The number of rotatable bonds is 6. The Hall–Kier alpha value is -1.47. The van der Waals surface area contributed by atoms with Gasteiger partial charge in [-0.2, -0.15) is 0 Å². The summed E-state index contributed by atoms with van der Waals surface area (Å²) in [5.41, 5.74) is 0.0395. The number of benzene rings is 1. The summed E-state index contributed by atoms with van der Waals surface area (Å²) in [5, 5.41) is 0. The van der Waals surface area contributed by atoms with Crippen LogP contribution in [0.1, 0.15) is 23.7 Å². The Kier molecular flexibility index (Phi) is 5.86. The molecule has 8 heteroatoms. The molecule has 1 aromatic rings. The summed E-state index contributed by atoms with van der Waals surface area (Å²) in [4.78, 5) is 13.7. The van der Waals surface area contributed by atoms with Gasteiger partial charge in [0.05, 0.1) is 14.2 Å². The molecule has 0 fully saturated rings. The molecular formula is C13H18ClNO5S. The second-order valence-electron chi connectivity index (χ2n) is 4.34. The van der Waals surface area contributed by atoms with E-state index in [0.29, 0.717) is 6.54 Å². The van der Waals surface area contributed by atoms with Gasteiger partial charge >= 0.3 is 0 Å². The van der Waals surface area contributed by atoms with Crippen LogP contribution in [0.4, 0.5) is 0 Å². The van der Waals surface area contributed by atoms with Crippen molar-refractivity contribution in [3.05, 3.63) is 17.7 Å². The van der Waals surface area contributed by atoms with E-state index in [4.69, 9.17) is 20.2 Å². The average Bonchev–Trinajstić information content (AvgIpc) is 2.43. The Bertz CT molecular complexity index is 630. The number of hydrogen-bond donors (Lipinski definition) is 0. The van der Waals surface area contributed by atoms with Gasteiger partial charge in [-0.25, -0.2) is 8.42 Å². The standard InChI is InChI=1S/C13H18ClNO5S/c1-5-8-15(2)13(16)11-9(19-3)6-7-10(12(11)20-4)21(14,17)18/h6-7H,5,8H2,1-4H3. The van der Waals surface area contributed by atoms with Gasteiger partial charge < -0.3 is 14.4 Å². The van der Waals surface area contributed by atoms with Crippen LogP contribution < -0.4 is 9.47 Å². The van der Waals surface area contributed by atoms with E-state index in [0.717, 1.165) is 6.42 Å². The molecule has 21 heavy (non-hydrogen) atoms. The second-order valence-corrected chi connectivity index (χ2v) is 6.87. The smallest absolute Gasteiger partial charge is 0.265 e. The highest BCUT2D eigenvalue weighted by Crippen LogP contribution is 2.37. The Morgan fingerprint density at radius 3 is 2.33 bits per heavy atom. The van der Waals surface area contributed by atoms with Gasteiger partial charge in [-0.3, -0.25) is 4.79 Å². The Morgan fingerprint density at radius 1 is 1.29 bits per heavy atom. The third-order valence-electron chi connectivity index (χ3n) is 2.89. The molecule has 0 bridgehead atoms. The molecule has 118 valence electrons. The van der Waals surface area contributed by atoms with E-state index < -0.39 is 15.0 Å². The molecule has 0 saturated carbocycles. The van der Waals surface area contributed by atoms with Crippen LogP contribution in [-0.4, -0.2) is 47.0 Å². The van der Waals surface area contributed by atoms with Gasteiger partial charge in [0.2, 0.25) is 0 Å². The number of hydrogen-bond acceptors (Lipinski definition) is 5. The van der Waals surface area contributed by atoms with Crippen molar-refractivity contribution in [3.63, 3.8) is 0 Å². The normalized spacial score (nSPS) is 11.1. The minimum atomic E-state index is -4.04. The highest BCUT2D eigenvalue weighted by molar-refractivity contribution is 8.13. The third kappa shape index (κ3) is 3.79. The summed E-state index contributed by atoms with van der Waals surface area (Å²) in [6, 6.07) is 2.63. The second kappa shape index (κ2) is 7.00. The molecule has 0 N–H and O–H groups in total. The maximum Gasteiger partial charge on any atom is 0.265 e. The fourth-order valence-corrected chi connectivity index (χ4v) is 2.94. The van der Waals surface area contributed by atoms with Crippen molar-refractivity contribution in [3.8, 4) is 11.5 Å². The first-order valence-electron chi connectivity index (χ1n) is 6.23. The Balaban J connectivity index is 3.57. The van der Waals surface area contributed by atoms with Crippen LogP contribution in [0.5, 0.6) is 11.5 Å². The number of ether oxygens (including phenoxy) is 2. The zero-order valence-electron chi connectivity index (χ0n) is 12.3. The minimum absolute atomic E-state index is 0.0395. The predicted octanol–water partition coefficient (Wildman–Crippen LogP) is 2.11. The summed E-state index contributed by atoms with van der Waals surface area (Å²) in [6.07, 6.45) is 0.764. The molecule has 0 aromatic heterocycles. The van der Waals surface area contributed by atoms with E-state index in [1.807, 2.05) is 6.92 Å². The van der Waals surface area contributed by atoms with Gasteiger partial charge in [0.15, 0.2) is 5.75 Å². The van der Waals surface area contributed by atoms with E-state index in [9.17, 15) is 13.2 Å². The highest BCUT2D eigenvalue weighted by atomic mass is 35.7. The first-order valence-corrected chi connectivity index (χ1v) is 8.53. The van der Waals surface area contributed by atoms with Gasteiger partial charge in [-0.15, -0.1) is 0 Å². The lowest BCUT2D eigenvalue weighted by molar-refractivity contribution is 0.0787. The van der Waals surface area contributed by atoms with Gasteiger partial charge in [-0.1, -0.05) is 6.92 Å². The molecule has 0 spiro atoms. The summed E-state index contributed by atoms with van der Waals surface area (Å²) < 4.78 is 33.4. The van der Waals surface area contributed by atoms with Crippen molar-refractivity contribution in [2.45, 2.75) is 18.2 Å². The van der Waals surface area contributed by atoms with Crippen molar-refractivity contribution in [2.24, 2.45) is 0 Å². The van der Waals surface area contributed by atoms with E-state index in [1.165, 1.54) is 31.3 Å². The lowest BCUT2D eigenvalue weighted by Gasteiger charge is -2.20. The molecule has 0 atom stereocenters. The van der Waals surface area contributed by atoms with Crippen molar-refractivity contribution in [2.75, 3.05) is 27.8 Å². The number of methoxy groups -OCH3 is 2. The van der Waals surface area contributed by atoms with Crippen LogP contribution >= 0.6 is 10.7 Å². The highest BCUT2D eigenvalue weighted by Gasteiger charge is 2.28. The van der Waals surface area contributed by atoms with Crippen LogP contribution in [0.25, 0.3) is 0 Å². The maximum atomic E-state index is 12.5. The zero-order valence-corrected chi connectivity index (χ0v) is 13.9. The maximum absolute atomic E-state index is 12.5. The lowest BCUT2D eigenvalue weighted by atomic mass is 10.1. The number of carbonyl (C=O) groups is 1. The number of nitrogens with zero attached hydrogens (tertiary/aromatic N) is 1. The molecule has 0 saturated heterocycles. The predicted molar refractivity (Wildman–Crippen MR) is 79.8 cm³/mol. The van der Waals surface area contributed by atoms with Gasteiger partial charge in [0, 0.05) is 24.3 Å². The molecular weight excluding hydrogens is 318 g/mol. The molecule has 0 aliphatic rings. The van der Waals surface area contributed by atoms with Crippen LogP contribution in [-0.2, 0) is 9.05 Å². The lowest BCUT2D eigenvalue weighted by Crippen LogP contribution is -2.28. The Morgan fingerprint density at radius 2 is 1.90 bits per heavy atom. The fraction of sp³-hybridized carbons (Fsp3) is 0.462. The SMILES string of the molecule is CCCN(C)C(=O)c1c(OC)ccc(S(=O)(=O)Cl)c1OC. The van der Waals surface area contributed by atoms with Crippen LogP contribution in [0, 0.1) is 0 Å². The minimum Gasteiger partial charge on any atom is -0.496 e. The topological polar surface area (TPSA) is 72.9 Å². The molecule has 0 aliphatic carbocycles. The molecule has 0 radical (unpaired) electrons. The number of carbonyl (C=O) groups excluding carboxylic acids is 1. The third-order valence-corrected chi connectivity index (χ3v) is 4.24. The van der Waals surface area contributed by atoms with Crippen molar-refractivity contribution in [1.82, 2.24) is 4.90 Å². The molecule has 6 nitrogen and oxygen atoms in total. The Labute approximate surface area is 129 Å². The van der Waals surface area contributed by atoms with Crippen molar-refractivity contribution in [1.29, 1.82) is 0 Å². The molecule has 0 heterocycles. The molecule has 0 unspecified atom stereocenters. The summed E-state index contributed by atoms with van der Waals surface area (Å²) >= 11 is 0. The summed E-state index contributed by atoms with van der Waals surface area (Å²) in [6.45, 7) is 2.45. The van der Waals surface area contributed by atoms with Crippen molar-refractivity contribution < 1.29 is 22.7 Å².